The van der Waals surface area contributed by atoms with E-state index >= 15 is 0 Å². The van der Waals surface area contributed by atoms with Crippen molar-refractivity contribution in [3.05, 3.63) is 0 Å². The Hall–Kier alpha value is -1.72. The Balaban J connectivity index is 1.32. The van der Waals surface area contributed by atoms with E-state index in [9.17, 15) is 19.2 Å². The molecule has 4 aliphatic carbocycles. The molecule has 4 saturated carbocycles. The molecule has 4 bridgehead atoms. The number of carbonyl (C=O) groups excluding carboxylic acids is 4. The zero-order valence-corrected chi connectivity index (χ0v) is 20.6. The molecule has 1 heterocycles. The van der Waals surface area contributed by atoms with Crippen molar-refractivity contribution in [3.8, 4) is 0 Å². The molecule has 176 valence electrons. The third kappa shape index (κ3) is 2.09. The molecule has 0 aromatic carbocycles. The predicted molar refractivity (Wildman–Crippen MR) is 120 cm³/mol. The number of rotatable bonds is 2. The van der Waals surface area contributed by atoms with Crippen LogP contribution in [0.5, 0.6) is 0 Å². The molecule has 2 amide bonds. The standard InChI is InChI=1S/C26H38N2O4/c1-21(2)23(5)7-9-25(21,15-17(23)29)19(31)27-11-13-28(14-12-27)20(32)26-10-8-24(6,18(30)16-26)22(26,3)4/h7-16H2,1-6H3/t23-,24+,25+,26-. The maximum Gasteiger partial charge on any atom is 0.229 e. The summed E-state index contributed by atoms with van der Waals surface area (Å²) in [5.41, 5.74) is -2.70. The Morgan fingerprint density at radius 3 is 1.12 bits per heavy atom. The summed E-state index contributed by atoms with van der Waals surface area (Å²) in [4.78, 5) is 56.9. The summed E-state index contributed by atoms with van der Waals surface area (Å²) in [6.07, 6.45) is 3.83. The predicted octanol–water partition coefficient (Wildman–Crippen LogP) is 3.23. The SMILES string of the molecule is CC1(C)[C@]2(C(=O)N3CCN(C(=O)[C@]45CC[C@](C)(C(=O)C4)C5(C)C)CC3)CC[C@@]1(C)C(=O)C2. The number of Topliss-reactive ketones (excluding diaryl/α,β-unsaturated/α-hetero) is 2. The first kappa shape index (κ1) is 22.1. The second kappa shape index (κ2) is 6.04. The second-order valence-corrected chi connectivity index (χ2v) is 12.9. The minimum Gasteiger partial charge on any atom is -0.339 e. The van der Waals surface area contributed by atoms with Gasteiger partial charge in [-0.05, 0) is 36.5 Å². The van der Waals surface area contributed by atoms with Crippen molar-refractivity contribution in [2.75, 3.05) is 26.2 Å². The Morgan fingerprint density at radius 1 is 0.594 bits per heavy atom. The van der Waals surface area contributed by atoms with Gasteiger partial charge in [0.05, 0.1) is 10.8 Å². The highest BCUT2D eigenvalue weighted by atomic mass is 16.2. The molecule has 0 radical (unpaired) electrons. The van der Waals surface area contributed by atoms with E-state index in [1.54, 1.807) is 0 Å². The van der Waals surface area contributed by atoms with Crippen molar-refractivity contribution < 1.29 is 19.2 Å². The average Bonchev–Trinajstić information content (AvgIpc) is 3.21. The van der Waals surface area contributed by atoms with Gasteiger partial charge in [-0.3, -0.25) is 19.2 Å². The minimum absolute atomic E-state index is 0.104. The number of ketones is 2. The highest BCUT2D eigenvalue weighted by molar-refractivity contribution is 6.01. The molecule has 0 aromatic heterocycles. The topological polar surface area (TPSA) is 74.8 Å². The number of carbonyl (C=O) groups is 4. The van der Waals surface area contributed by atoms with Gasteiger partial charge in [0, 0.05) is 49.9 Å². The molecule has 5 fully saturated rings. The fraction of sp³-hybridized carbons (Fsp3) is 0.846. The van der Waals surface area contributed by atoms with Crippen LogP contribution in [0.2, 0.25) is 0 Å². The van der Waals surface area contributed by atoms with Crippen LogP contribution in [0.3, 0.4) is 0 Å². The van der Waals surface area contributed by atoms with E-state index in [0.717, 1.165) is 25.7 Å². The van der Waals surface area contributed by atoms with Crippen LogP contribution in [0.15, 0.2) is 0 Å². The smallest absolute Gasteiger partial charge is 0.229 e. The summed E-state index contributed by atoms with van der Waals surface area (Å²) in [6.45, 7) is 14.5. The van der Waals surface area contributed by atoms with E-state index in [1.165, 1.54) is 0 Å². The molecule has 1 aliphatic heterocycles. The third-order valence-electron chi connectivity index (χ3n) is 12.1. The van der Waals surface area contributed by atoms with Crippen molar-refractivity contribution in [1.29, 1.82) is 0 Å². The minimum atomic E-state index is -0.600. The zero-order chi connectivity index (χ0) is 23.5. The van der Waals surface area contributed by atoms with Crippen molar-refractivity contribution in [3.63, 3.8) is 0 Å². The van der Waals surface area contributed by atoms with E-state index in [1.807, 2.05) is 23.6 Å². The van der Waals surface area contributed by atoms with Gasteiger partial charge in [0.25, 0.3) is 0 Å². The maximum absolute atomic E-state index is 13.8. The molecule has 6 nitrogen and oxygen atoms in total. The number of amides is 2. The summed E-state index contributed by atoms with van der Waals surface area (Å²) < 4.78 is 0. The third-order valence-corrected chi connectivity index (χ3v) is 12.1. The Morgan fingerprint density at radius 2 is 0.906 bits per heavy atom. The van der Waals surface area contributed by atoms with Crippen molar-refractivity contribution in [1.82, 2.24) is 9.80 Å². The number of piperazine rings is 1. The van der Waals surface area contributed by atoms with Crippen molar-refractivity contribution in [2.45, 2.75) is 80.1 Å². The van der Waals surface area contributed by atoms with Gasteiger partial charge in [0.2, 0.25) is 11.8 Å². The lowest BCUT2D eigenvalue weighted by Gasteiger charge is -2.46. The highest BCUT2D eigenvalue weighted by Gasteiger charge is 2.74. The lowest BCUT2D eigenvalue weighted by Crippen LogP contribution is -2.58. The molecule has 0 N–H and O–H groups in total. The average molecular weight is 443 g/mol. The normalized spacial score (nSPS) is 43.9. The van der Waals surface area contributed by atoms with Gasteiger partial charge < -0.3 is 9.80 Å². The van der Waals surface area contributed by atoms with Gasteiger partial charge in [0.1, 0.15) is 11.6 Å². The van der Waals surface area contributed by atoms with Crippen LogP contribution in [-0.2, 0) is 19.2 Å². The Labute approximate surface area is 191 Å². The summed E-state index contributed by atoms with van der Waals surface area (Å²) in [6, 6.07) is 0. The fourth-order valence-corrected chi connectivity index (χ4v) is 8.38. The summed E-state index contributed by atoms with van der Waals surface area (Å²) in [5.74, 6) is 0.666. The van der Waals surface area contributed by atoms with E-state index in [4.69, 9.17) is 0 Å². The van der Waals surface area contributed by atoms with Gasteiger partial charge in [-0.25, -0.2) is 0 Å². The van der Waals surface area contributed by atoms with E-state index in [-0.39, 0.29) is 34.2 Å². The van der Waals surface area contributed by atoms with Crippen LogP contribution in [0.25, 0.3) is 0 Å². The van der Waals surface area contributed by atoms with Gasteiger partial charge in [-0.15, -0.1) is 0 Å². The number of fused-ring (bicyclic) bond motifs is 4. The van der Waals surface area contributed by atoms with Crippen LogP contribution in [-0.4, -0.2) is 59.4 Å². The molecular weight excluding hydrogens is 404 g/mol. The molecule has 0 aromatic rings. The number of hydrogen-bond acceptors (Lipinski definition) is 4. The van der Waals surface area contributed by atoms with Gasteiger partial charge >= 0.3 is 0 Å². The van der Waals surface area contributed by atoms with E-state index in [0.29, 0.717) is 39.0 Å². The van der Waals surface area contributed by atoms with E-state index < -0.39 is 21.7 Å². The zero-order valence-electron chi connectivity index (χ0n) is 20.6. The summed E-state index contributed by atoms with van der Waals surface area (Å²) in [5, 5.41) is 0. The fourth-order valence-electron chi connectivity index (χ4n) is 8.38. The second-order valence-electron chi connectivity index (χ2n) is 12.9. The Bertz CT molecular complexity index is 869. The van der Waals surface area contributed by atoms with Gasteiger partial charge in [0.15, 0.2) is 0 Å². The molecule has 1 saturated heterocycles. The maximum atomic E-state index is 13.8. The van der Waals surface area contributed by atoms with Crippen molar-refractivity contribution >= 4 is 23.4 Å². The molecule has 6 heteroatoms. The molecule has 0 unspecified atom stereocenters. The van der Waals surface area contributed by atoms with Crippen LogP contribution >= 0.6 is 0 Å². The number of hydrogen-bond donors (Lipinski definition) is 0. The summed E-state index contributed by atoms with van der Waals surface area (Å²) in [7, 11) is 0. The quantitative estimate of drug-likeness (QED) is 0.658. The van der Waals surface area contributed by atoms with Crippen LogP contribution in [0.1, 0.15) is 80.1 Å². The monoisotopic (exact) mass is 442 g/mol. The Kier molecular flexibility index (Phi) is 4.17. The first-order chi connectivity index (χ1) is 14.7. The molecule has 5 rings (SSSR count). The van der Waals surface area contributed by atoms with E-state index in [2.05, 4.69) is 27.7 Å². The first-order valence-corrected chi connectivity index (χ1v) is 12.4. The molecule has 32 heavy (non-hydrogen) atoms. The summed E-state index contributed by atoms with van der Waals surface area (Å²) >= 11 is 0. The van der Waals surface area contributed by atoms with Gasteiger partial charge in [-0.1, -0.05) is 41.5 Å². The number of nitrogens with zero attached hydrogens (tertiary/aromatic N) is 2. The largest absolute Gasteiger partial charge is 0.339 e. The lowest BCUT2D eigenvalue weighted by molar-refractivity contribution is -0.156. The lowest BCUT2D eigenvalue weighted by atomic mass is 9.64. The van der Waals surface area contributed by atoms with Crippen LogP contribution in [0, 0.1) is 32.5 Å². The molecule has 4 atom stereocenters. The highest BCUT2D eigenvalue weighted by Crippen LogP contribution is 2.72. The molecular formula is C26H38N2O4. The molecule has 5 aliphatic rings. The van der Waals surface area contributed by atoms with Crippen LogP contribution < -0.4 is 0 Å². The van der Waals surface area contributed by atoms with Crippen molar-refractivity contribution in [2.24, 2.45) is 32.5 Å². The van der Waals surface area contributed by atoms with Crippen LogP contribution in [0.4, 0.5) is 0 Å². The molecule has 0 spiro atoms. The first-order valence-electron chi connectivity index (χ1n) is 12.4. The van der Waals surface area contributed by atoms with Gasteiger partial charge in [-0.2, -0.15) is 0 Å².